The molecule has 1 aromatic heterocycles. The van der Waals surface area contributed by atoms with Crippen molar-refractivity contribution in [3.05, 3.63) is 101 Å². The Bertz CT molecular complexity index is 2260. The number of amides is 1. The summed E-state index contributed by atoms with van der Waals surface area (Å²) in [7, 11) is 4.35. The molecule has 1 amide bonds. The van der Waals surface area contributed by atoms with Crippen LogP contribution in [0.1, 0.15) is 57.2 Å². The zero-order valence-electron chi connectivity index (χ0n) is 28.9. The molecule has 4 heterocycles. The minimum Gasteiger partial charge on any atom is -0.507 e. The number of phenolic OH excluding ortho intramolecular Hbond substituents is 1. The van der Waals surface area contributed by atoms with Crippen molar-refractivity contribution in [1.29, 1.82) is 0 Å². The molecule has 13 heteroatoms. The topological polar surface area (TPSA) is 168 Å². The number of aromatic nitrogens is 2. The maximum Gasteiger partial charge on any atom is 0.413 e. The quantitative estimate of drug-likeness (QED) is 0.167. The van der Waals surface area contributed by atoms with Crippen LogP contribution in [0.5, 0.6) is 34.5 Å². The van der Waals surface area contributed by atoms with E-state index in [2.05, 4.69) is 20.0 Å². The van der Waals surface area contributed by atoms with Gasteiger partial charge in [0, 0.05) is 28.8 Å². The number of fused-ring (bicyclic) bond motifs is 7. The lowest BCUT2D eigenvalue weighted by Gasteiger charge is -2.39. The number of rotatable bonds is 5. The number of nitrogens with one attached hydrogen (secondary N) is 2. The van der Waals surface area contributed by atoms with Crippen LogP contribution < -0.4 is 29.0 Å². The van der Waals surface area contributed by atoms with E-state index in [1.807, 2.05) is 44.2 Å². The summed E-state index contributed by atoms with van der Waals surface area (Å²) in [5.74, 6) is 1.54. The van der Waals surface area contributed by atoms with Crippen LogP contribution in [0.2, 0.25) is 0 Å². The first-order chi connectivity index (χ1) is 25.0. The minimum atomic E-state index is -0.630. The van der Waals surface area contributed by atoms with Gasteiger partial charge < -0.3 is 38.5 Å². The summed E-state index contributed by atoms with van der Waals surface area (Å²) in [6.45, 7) is 4.02. The zero-order valence-corrected chi connectivity index (χ0v) is 28.9. The lowest BCUT2D eigenvalue weighted by molar-refractivity contribution is 0.0547. The number of aromatic hydroxyl groups is 1. The minimum absolute atomic E-state index is 0.0698. The first-order valence-corrected chi connectivity index (χ1v) is 16.3. The predicted octanol–water partition coefficient (Wildman–Crippen LogP) is 6.69. The van der Waals surface area contributed by atoms with Gasteiger partial charge in [0.05, 0.1) is 43.8 Å². The average molecular weight is 706 g/mol. The van der Waals surface area contributed by atoms with Crippen LogP contribution in [0.25, 0.3) is 17.1 Å². The molecule has 3 aliphatic rings. The third kappa shape index (κ3) is 6.21. The number of imidazole rings is 1. The van der Waals surface area contributed by atoms with Gasteiger partial charge in [-0.1, -0.05) is 30.3 Å². The van der Waals surface area contributed by atoms with Gasteiger partial charge in [0.1, 0.15) is 46.9 Å². The van der Waals surface area contributed by atoms with Gasteiger partial charge >= 0.3 is 6.09 Å². The summed E-state index contributed by atoms with van der Waals surface area (Å²) < 4.78 is 33.3. The van der Waals surface area contributed by atoms with Gasteiger partial charge in [0.25, 0.3) is 0 Å². The van der Waals surface area contributed by atoms with Crippen molar-refractivity contribution in [1.82, 2.24) is 9.97 Å². The molecule has 13 nitrogen and oxygen atoms in total. The molecule has 0 aliphatic carbocycles. The number of benzene rings is 4. The van der Waals surface area contributed by atoms with Gasteiger partial charge in [0.2, 0.25) is 5.95 Å². The number of H-pyrrole nitrogens is 1. The third-order valence-corrected chi connectivity index (χ3v) is 8.90. The molecule has 0 saturated heterocycles. The Morgan fingerprint density at radius 2 is 1.71 bits per heavy atom. The predicted molar refractivity (Wildman–Crippen MR) is 190 cm³/mol. The van der Waals surface area contributed by atoms with Gasteiger partial charge in [-0.2, -0.15) is 0 Å². The highest BCUT2D eigenvalue weighted by atomic mass is 16.5. The second-order valence-corrected chi connectivity index (χ2v) is 12.7. The summed E-state index contributed by atoms with van der Waals surface area (Å²) in [4.78, 5) is 44.3. The van der Waals surface area contributed by atoms with Crippen LogP contribution in [-0.2, 0) is 4.74 Å². The molecule has 0 radical (unpaired) electrons. The first-order valence-electron chi connectivity index (χ1n) is 16.3. The number of aromatic amines is 1. The molecule has 4 aromatic carbocycles. The zero-order chi connectivity index (χ0) is 36.7. The normalized spacial score (nSPS) is 17.3. The molecule has 0 spiro atoms. The molecule has 2 atom stereocenters. The van der Waals surface area contributed by atoms with Crippen LogP contribution in [0, 0.1) is 0 Å². The van der Waals surface area contributed by atoms with E-state index in [-0.39, 0.29) is 35.4 Å². The molecule has 52 heavy (non-hydrogen) atoms. The molecule has 0 fully saturated rings. The molecule has 0 bridgehead atoms. The summed E-state index contributed by atoms with van der Waals surface area (Å²) in [5, 5.41) is 13.1. The number of methoxy groups -OCH3 is 3. The number of nitrogens with zero attached hydrogens (tertiary/aromatic N) is 1. The average Bonchev–Trinajstić information content (AvgIpc) is 3.55. The van der Waals surface area contributed by atoms with Crippen LogP contribution in [0.4, 0.5) is 10.7 Å². The van der Waals surface area contributed by atoms with E-state index >= 15 is 0 Å². The number of ether oxygens (including phenoxy) is 6. The van der Waals surface area contributed by atoms with Gasteiger partial charge in [-0.05, 0) is 50.3 Å². The fourth-order valence-corrected chi connectivity index (χ4v) is 6.39. The smallest absolute Gasteiger partial charge is 0.413 e. The van der Waals surface area contributed by atoms with E-state index in [1.54, 1.807) is 49.6 Å². The first kappa shape index (κ1) is 34.0. The Hall–Kier alpha value is -6.50. The number of ketones is 2. The third-order valence-electron chi connectivity index (χ3n) is 8.90. The number of Topliss-reactive ketones (excluding diaryl/α,β-unsaturated/α-hetero) is 1. The fourth-order valence-electron chi connectivity index (χ4n) is 6.39. The lowest BCUT2D eigenvalue weighted by Crippen LogP contribution is -2.43. The van der Waals surface area contributed by atoms with Gasteiger partial charge in [-0.15, -0.1) is 0 Å². The Morgan fingerprint density at radius 3 is 2.44 bits per heavy atom. The van der Waals surface area contributed by atoms with Crippen molar-refractivity contribution in [3.8, 4) is 34.5 Å². The second kappa shape index (κ2) is 13.3. The summed E-state index contributed by atoms with van der Waals surface area (Å²) >= 11 is 0. The second-order valence-electron chi connectivity index (χ2n) is 12.7. The number of carbonyl (C=O) groups is 3. The van der Waals surface area contributed by atoms with Crippen molar-refractivity contribution in [3.63, 3.8) is 0 Å². The highest BCUT2D eigenvalue weighted by Crippen LogP contribution is 2.52. The van der Waals surface area contributed by atoms with Crippen molar-refractivity contribution in [2.45, 2.75) is 31.5 Å². The van der Waals surface area contributed by atoms with E-state index in [1.165, 1.54) is 20.3 Å². The summed E-state index contributed by atoms with van der Waals surface area (Å²) in [5.41, 5.74) is 3.41. The van der Waals surface area contributed by atoms with Gasteiger partial charge in [-0.3, -0.25) is 14.9 Å². The Balaban J connectivity index is 0.000000170. The van der Waals surface area contributed by atoms with Crippen LogP contribution >= 0.6 is 0 Å². The fraction of sp³-hybridized carbons (Fsp3) is 0.231. The summed E-state index contributed by atoms with van der Waals surface area (Å²) in [6, 6.07) is 19.1. The van der Waals surface area contributed by atoms with Crippen molar-refractivity contribution in [2.24, 2.45) is 0 Å². The molecule has 8 rings (SSSR count). The molecule has 266 valence electrons. The van der Waals surface area contributed by atoms with E-state index in [0.717, 1.165) is 0 Å². The number of phenols is 1. The number of anilines is 1. The van der Waals surface area contributed by atoms with Gasteiger partial charge in [0.15, 0.2) is 23.1 Å². The van der Waals surface area contributed by atoms with Crippen molar-refractivity contribution in [2.75, 3.05) is 33.3 Å². The Morgan fingerprint density at radius 1 is 0.962 bits per heavy atom. The van der Waals surface area contributed by atoms with E-state index in [4.69, 9.17) is 23.7 Å². The largest absolute Gasteiger partial charge is 0.507 e. The van der Waals surface area contributed by atoms with Gasteiger partial charge in [-0.25, -0.2) is 9.78 Å². The molecule has 0 saturated carbocycles. The molecule has 5 aromatic rings. The molecule has 3 N–H and O–H groups in total. The van der Waals surface area contributed by atoms with E-state index < -0.39 is 23.7 Å². The van der Waals surface area contributed by atoms with Crippen LogP contribution in [0.3, 0.4) is 0 Å². The number of carbonyl (C=O) groups excluding carboxylic acids is 3. The maximum absolute atomic E-state index is 13.6. The highest BCUT2D eigenvalue weighted by Gasteiger charge is 2.46. The molecular formula is C39H35N3O10. The van der Waals surface area contributed by atoms with Crippen LogP contribution in [0.15, 0.2) is 72.8 Å². The van der Waals surface area contributed by atoms with E-state index in [9.17, 15) is 19.5 Å². The highest BCUT2D eigenvalue weighted by molar-refractivity contribution is 6.10. The lowest BCUT2D eigenvalue weighted by atomic mass is 9.80. The van der Waals surface area contributed by atoms with E-state index in [0.29, 0.717) is 62.0 Å². The SMILES string of the molecule is COC(=O)Nc1nc2ccc(C(=O)c3ccccc3)cc2[nH]1.COc1cc2c(cc1OC)C1C(=O)c3c(O)cc4c(c3OC1CO2)C=CC(C)(C)O4. The number of hydrogen-bond acceptors (Lipinski definition) is 11. The van der Waals surface area contributed by atoms with Crippen LogP contribution in [-0.4, -0.2) is 72.4 Å². The standard InChI is InChI=1S/C23H22O7.C16H13N3O3/c1-23(2)6-5-11-15(30-23)8-13(24)20-21(25)19-12-7-16(26-3)17(27-4)9-14(12)28-10-18(19)29-22(11)20;1-22-16(21)19-15-17-12-8-7-11(9-13(12)18-15)14(20)10-5-3-2-4-6-10/h5-9,18-19,24H,10H2,1-4H3;2-9H,1H3,(H2,17,18,19,21). The van der Waals surface area contributed by atoms with Crippen molar-refractivity contribution < 1.29 is 47.9 Å². The maximum atomic E-state index is 13.6. The Kier molecular flexibility index (Phi) is 8.70. The Labute approximate surface area is 298 Å². The molecule has 2 unspecified atom stereocenters. The molecular weight excluding hydrogens is 670 g/mol. The monoisotopic (exact) mass is 705 g/mol. The number of hydrogen-bond donors (Lipinski definition) is 3. The van der Waals surface area contributed by atoms with Crippen molar-refractivity contribution >= 4 is 40.7 Å². The summed E-state index contributed by atoms with van der Waals surface area (Å²) in [6.07, 6.45) is 2.62. The molecule has 3 aliphatic heterocycles.